The number of unbranched alkanes of at least 4 members (excludes halogenated alkanes) is 4. The summed E-state index contributed by atoms with van der Waals surface area (Å²) in [5, 5.41) is 1.24. The highest BCUT2D eigenvalue weighted by atomic mass is 16.5. The molecule has 1 aromatic heterocycles. The third-order valence-corrected chi connectivity index (χ3v) is 5.47. The molecule has 2 rings (SSSR count). The Hall–Kier alpha value is -2.03. The van der Waals surface area contributed by atoms with Gasteiger partial charge in [0.1, 0.15) is 0 Å². The van der Waals surface area contributed by atoms with Crippen molar-refractivity contribution in [1.29, 1.82) is 0 Å². The van der Waals surface area contributed by atoms with Gasteiger partial charge in [0, 0.05) is 29.2 Å². The number of ether oxygens (including phenoxy) is 1. The minimum absolute atomic E-state index is 0.274. The van der Waals surface area contributed by atoms with Crippen LogP contribution >= 0.6 is 0 Å². The fourth-order valence-corrected chi connectivity index (χ4v) is 3.85. The fourth-order valence-electron chi connectivity index (χ4n) is 3.85. The lowest BCUT2D eigenvalue weighted by atomic mass is 10.0. The molecule has 0 saturated heterocycles. The summed E-state index contributed by atoms with van der Waals surface area (Å²) in [5.41, 5.74) is 3.31. The maximum Gasteiger partial charge on any atom is 0.331 e. The Morgan fingerprint density at radius 3 is 2.32 bits per heavy atom. The molecule has 154 valence electrons. The van der Waals surface area contributed by atoms with Crippen LogP contribution in [0, 0.1) is 0 Å². The lowest BCUT2D eigenvalue weighted by Gasteiger charge is -2.20. The third kappa shape index (κ3) is 6.25. The van der Waals surface area contributed by atoms with Crippen LogP contribution in [0.2, 0.25) is 0 Å². The zero-order valence-electron chi connectivity index (χ0n) is 18.2. The van der Waals surface area contributed by atoms with Gasteiger partial charge in [-0.15, -0.1) is 0 Å². The number of esters is 1. The number of carbonyl (C=O) groups is 1. The molecule has 0 radical (unpaired) electrons. The van der Waals surface area contributed by atoms with Gasteiger partial charge in [-0.05, 0) is 56.0 Å². The van der Waals surface area contributed by atoms with Crippen LogP contribution < -0.4 is 0 Å². The van der Waals surface area contributed by atoms with Gasteiger partial charge in [-0.1, -0.05) is 58.4 Å². The summed E-state index contributed by atoms with van der Waals surface area (Å²) in [7, 11) is 0. The van der Waals surface area contributed by atoms with Crippen LogP contribution in [-0.2, 0) is 9.53 Å². The highest BCUT2D eigenvalue weighted by Gasteiger charge is 2.13. The molecule has 3 nitrogen and oxygen atoms in total. The van der Waals surface area contributed by atoms with Crippen LogP contribution in [-0.4, -0.2) is 17.1 Å². The Morgan fingerprint density at radius 1 is 1.04 bits per heavy atom. The van der Waals surface area contributed by atoms with E-state index in [0.717, 1.165) is 11.1 Å². The molecule has 2 aromatic rings. The predicted molar refractivity (Wildman–Crippen MR) is 120 cm³/mol. The SMILES string of the molecule is CCCCCC(CCCCC)n1ccc2cc(/C(C)=C/C(=O)OCC)ccc21. The first kappa shape index (κ1) is 22.3. The fraction of sp³-hybridized carbons (Fsp3) is 0.560. The van der Waals surface area contributed by atoms with E-state index >= 15 is 0 Å². The summed E-state index contributed by atoms with van der Waals surface area (Å²) >= 11 is 0. The number of benzene rings is 1. The molecule has 0 bridgehead atoms. The number of hydrogen-bond acceptors (Lipinski definition) is 2. The molecule has 0 unspecified atom stereocenters. The number of aromatic nitrogens is 1. The average Bonchev–Trinajstić information content (AvgIpc) is 3.10. The van der Waals surface area contributed by atoms with Gasteiger partial charge in [-0.25, -0.2) is 4.79 Å². The molecule has 1 aromatic carbocycles. The van der Waals surface area contributed by atoms with E-state index in [1.54, 1.807) is 6.08 Å². The van der Waals surface area contributed by atoms with Gasteiger partial charge < -0.3 is 9.30 Å². The molecule has 3 heteroatoms. The van der Waals surface area contributed by atoms with Crippen molar-refractivity contribution in [3.05, 3.63) is 42.1 Å². The Balaban J connectivity index is 2.23. The summed E-state index contributed by atoms with van der Waals surface area (Å²) in [6.45, 7) is 8.73. The average molecular weight is 384 g/mol. The molecule has 0 aliphatic rings. The lowest BCUT2D eigenvalue weighted by molar-refractivity contribution is -0.137. The molecule has 1 heterocycles. The van der Waals surface area contributed by atoms with Crippen molar-refractivity contribution in [1.82, 2.24) is 4.57 Å². The van der Waals surface area contributed by atoms with E-state index in [1.807, 2.05) is 13.8 Å². The van der Waals surface area contributed by atoms with Gasteiger partial charge in [0.2, 0.25) is 0 Å². The van der Waals surface area contributed by atoms with Crippen LogP contribution in [0.5, 0.6) is 0 Å². The van der Waals surface area contributed by atoms with Crippen molar-refractivity contribution in [3.8, 4) is 0 Å². The maximum atomic E-state index is 11.7. The highest BCUT2D eigenvalue weighted by Crippen LogP contribution is 2.29. The monoisotopic (exact) mass is 383 g/mol. The number of fused-ring (bicyclic) bond motifs is 1. The largest absolute Gasteiger partial charge is 0.463 e. The van der Waals surface area contributed by atoms with Gasteiger partial charge in [0.25, 0.3) is 0 Å². The lowest BCUT2D eigenvalue weighted by Crippen LogP contribution is -2.08. The molecule has 0 amide bonds. The van der Waals surface area contributed by atoms with E-state index < -0.39 is 0 Å². The quantitative estimate of drug-likeness (QED) is 0.218. The zero-order valence-corrected chi connectivity index (χ0v) is 18.2. The van der Waals surface area contributed by atoms with E-state index in [1.165, 1.54) is 62.3 Å². The molecule has 0 saturated carbocycles. The Labute approximate surface area is 170 Å². The van der Waals surface area contributed by atoms with Crippen LogP contribution in [0.15, 0.2) is 36.5 Å². The summed E-state index contributed by atoms with van der Waals surface area (Å²) in [6.07, 6.45) is 14.1. The zero-order chi connectivity index (χ0) is 20.4. The normalized spacial score (nSPS) is 12.1. The summed E-state index contributed by atoms with van der Waals surface area (Å²) in [5.74, 6) is -0.274. The van der Waals surface area contributed by atoms with Crippen molar-refractivity contribution in [2.24, 2.45) is 0 Å². The second-order valence-electron chi connectivity index (χ2n) is 7.72. The molecule has 0 N–H and O–H groups in total. The van der Waals surface area contributed by atoms with E-state index in [0.29, 0.717) is 12.6 Å². The molecule has 0 atom stereocenters. The number of nitrogens with zero attached hydrogens (tertiary/aromatic N) is 1. The van der Waals surface area contributed by atoms with E-state index in [-0.39, 0.29) is 5.97 Å². The molecule has 28 heavy (non-hydrogen) atoms. The minimum atomic E-state index is -0.274. The molecule has 0 aliphatic heterocycles. The van der Waals surface area contributed by atoms with Crippen molar-refractivity contribution in [3.63, 3.8) is 0 Å². The van der Waals surface area contributed by atoms with Crippen LogP contribution in [0.3, 0.4) is 0 Å². The van der Waals surface area contributed by atoms with Crippen molar-refractivity contribution in [2.45, 2.75) is 85.1 Å². The summed E-state index contributed by atoms with van der Waals surface area (Å²) in [4.78, 5) is 11.7. The molecule has 0 spiro atoms. The van der Waals surface area contributed by atoms with Crippen molar-refractivity contribution < 1.29 is 9.53 Å². The molecular weight excluding hydrogens is 346 g/mol. The van der Waals surface area contributed by atoms with Crippen molar-refractivity contribution in [2.75, 3.05) is 6.61 Å². The van der Waals surface area contributed by atoms with Gasteiger partial charge in [-0.3, -0.25) is 0 Å². The molecule has 0 fully saturated rings. The second-order valence-corrected chi connectivity index (χ2v) is 7.72. The van der Waals surface area contributed by atoms with Crippen LogP contribution in [0.4, 0.5) is 0 Å². The van der Waals surface area contributed by atoms with Gasteiger partial charge in [0.05, 0.1) is 6.61 Å². The maximum absolute atomic E-state index is 11.7. The van der Waals surface area contributed by atoms with Crippen LogP contribution in [0.25, 0.3) is 16.5 Å². The molecular formula is C25H37NO2. The molecule has 0 aliphatic carbocycles. The van der Waals surface area contributed by atoms with E-state index in [2.05, 4.69) is 48.9 Å². The third-order valence-electron chi connectivity index (χ3n) is 5.47. The number of allylic oxidation sites excluding steroid dienone is 1. The Bertz CT molecular complexity index is 762. The van der Waals surface area contributed by atoms with Gasteiger partial charge in [-0.2, -0.15) is 0 Å². The number of hydrogen-bond donors (Lipinski definition) is 0. The second kappa shape index (κ2) is 11.7. The Morgan fingerprint density at radius 2 is 1.71 bits per heavy atom. The summed E-state index contributed by atoms with van der Waals surface area (Å²) in [6, 6.07) is 9.31. The predicted octanol–water partition coefficient (Wildman–Crippen LogP) is 7.31. The van der Waals surface area contributed by atoms with E-state index in [4.69, 9.17) is 4.74 Å². The minimum Gasteiger partial charge on any atom is -0.463 e. The smallest absolute Gasteiger partial charge is 0.331 e. The topological polar surface area (TPSA) is 31.2 Å². The number of rotatable bonds is 12. The first-order valence-electron chi connectivity index (χ1n) is 11.1. The van der Waals surface area contributed by atoms with Gasteiger partial charge >= 0.3 is 5.97 Å². The Kier molecular flexibility index (Phi) is 9.33. The van der Waals surface area contributed by atoms with Crippen molar-refractivity contribution >= 4 is 22.4 Å². The number of carbonyl (C=O) groups excluding carboxylic acids is 1. The highest BCUT2D eigenvalue weighted by molar-refractivity contribution is 5.92. The first-order chi connectivity index (χ1) is 13.6. The van der Waals surface area contributed by atoms with Gasteiger partial charge in [0.15, 0.2) is 0 Å². The first-order valence-corrected chi connectivity index (χ1v) is 11.1. The van der Waals surface area contributed by atoms with Crippen LogP contribution in [0.1, 0.15) is 90.7 Å². The summed E-state index contributed by atoms with van der Waals surface area (Å²) < 4.78 is 7.51. The van der Waals surface area contributed by atoms with E-state index in [9.17, 15) is 4.79 Å². The standard InChI is InChI=1S/C25H37NO2/c1-5-8-10-12-23(13-11-9-6-2)26-17-16-22-19-21(14-15-24(22)26)20(4)18-25(27)28-7-3/h14-19,23H,5-13H2,1-4H3/b20-18+.